The highest BCUT2D eigenvalue weighted by Gasteiger charge is 2.48. The number of rotatable bonds is 2. The molecule has 82 valence electrons. The summed E-state index contributed by atoms with van der Waals surface area (Å²) in [6.07, 6.45) is 4.16. The molecule has 2 saturated carbocycles. The molecule has 15 heavy (non-hydrogen) atoms. The molecule has 2 aliphatic carbocycles. The van der Waals surface area contributed by atoms with E-state index in [0.29, 0.717) is 5.92 Å². The van der Waals surface area contributed by atoms with Crippen LogP contribution in [-0.4, -0.2) is 0 Å². The minimum Gasteiger partial charge on any atom is -0.121 e. The molecule has 0 aliphatic heterocycles. The Morgan fingerprint density at radius 1 is 1.27 bits per heavy atom. The Labute approximate surface area is 116 Å². The predicted octanol–water partition coefficient (Wildman–Crippen LogP) is 5.60. The summed E-state index contributed by atoms with van der Waals surface area (Å²) < 4.78 is 2.35. The first-order chi connectivity index (χ1) is 7.15. The normalized spacial score (nSPS) is 35.3. The van der Waals surface area contributed by atoms with E-state index in [9.17, 15) is 0 Å². The van der Waals surface area contributed by atoms with Crippen LogP contribution in [0.1, 0.15) is 30.2 Å². The predicted molar refractivity (Wildman–Crippen MR) is 72.6 cm³/mol. The van der Waals surface area contributed by atoms with Gasteiger partial charge in [-0.05, 0) is 80.5 Å². The van der Waals surface area contributed by atoms with Gasteiger partial charge in [0.2, 0.25) is 0 Å². The van der Waals surface area contributed by atoms with E-state index in [2.05, 4.69) is 37.9 Å². The zero-order valence-corrected chi connectivity index (χ0v) is 12.8. The Hall–Kier alpha value is 0.950. The van der Waals surface area contributed by atoms with E-state index in [1.54, 1.807) is 11.3 Å². The molecule has 3 atom stereocenters. The summed E-state index contributed by atoms with van der Waals surface area (Å²) >= 11 is 15.4. The minimum absolute atomic E-state index is 0.203. The lowest BCUT2D eigenvalue weighted by molar-refractivity contribution is 0.471. The van der Waals surface area contributed by atoms with Crippen molar-refractivity contribution in [3.8, 4) is 0 Å². The van der Waals surface area contributed by atoms with Gasteiger partial charge in [-0.3, -0.25) is 0 Å². The van der Waals surface area contributed by atoms with Gasteiger partial charge in [-0.2, -0.15) is 0 Å². The first kappa shape index (κ1) is 11.1. The second-order valence-corrected chi connectivity index (χ2v) is 8.89. The summed E-state index contributed by atoms with van der Waals surface area (Å²) in [7, 11) is 0. The zero-order valence-electron chi connectivity index (χ0n) is 8.05. The molecule has 1 aromatic rings. The third kappa shape index (κ3) is 2.05. The van der Waals surface area contributed by atoms with Gasteiger partial charge in [0, 0.05) is 0 Å². The van der Waals surface area contributed by atoms with Crippen LogP contribution in [0, 0.1) is 17.8 Å². The Balaban J connectivity index is 1.78. The summed E-state index contributed by atoms with van der Waals surface area (Å²) in [6.45, 7) is 0. The van der Waals surface area contributed by atoms with Gasteiger partial charge in [-0.25, -0.2) is 0 Å². The average molecular weight is 371 g/mol. The van der Waals surface area contributed by atoms with Crippen LogP contribution in [0.2, 0.25) is 0 Å². The monoisotopic (exact) mass is 368 g/mol. The van der Waals surface area contributed by atoms with E-state index < -0.39 is 0 Å². The minimum atomic E-state index is 0.203. The number of alkyl halides is 1. The molecule has 0 aromatic carbocycles. The van der Waals surface area contributed by atoms with Gasteiger partial charge in [0.1, 0.15) is 0 Å². The lowest BCUT2D eigenvalue weighted by Crippen LogP contribution is -2.05. The van der Waals surface area contributed by atoms with Gasteiger partial charge in [-0.1, -0.05) is 0 Å². The second-order valence-electron chi connectivity index (χ2n) is 4.67. The van der Waals surface area contributed by atoms with Gasteiger partial charge in [0.15, 0.2) is 0 Å². The Morgan fingerprint density at radius 2 is 1.93 bits per heavy atom. The van der Waals surface area contributed by atoms with Crippen molar-refractivity contribution in [1.29, 1.82) is 0 Å². The highest BCUT2D eigenvalue weighted by molar-refractivity contribution is 9.12. The second kappa shape index (κ2) is 4.01. The Morgan fingerprint density at radius 3 is 2.47 bits per heavy atom. The van der Waals surface area contributed by atoms with Gasteiger partial charge >= 0.3 is 0 Å². The molecular weight excluding hydrogens is 359 g/mol. The molecule has 4 heteroatoms. The highest BCUT2D eigenvalue weighted by Crippen LogP contribution is 2.59. The van der Waals surface area contributed by atoms with Crippen LogP contribution in [0.4, 0.5) is 0 Å². The van der Waals surface area contributed by atoms with E-state index in [1.807, 2.05) is 0 Å². The smallest absolute Gasteiger partial charge is 0.0757 e. The molecule has 0 saturated heterocycles. The zero-order chi connectivity index (χ0) is 10.6. The van der Waals surface area contributed by atoms with Crippen molar-refractivity contribution < 1.29 is 0 Å². The molecule has 3 rings (SSSR count). The van der Waals surface area contributed by atoms with E-state index in [4.69, 9.17) is 11.6 Å². The standard InChI is InChI=1S/C11H11Br2ClS/c12-9-4-8(11(13)15-9)10(14)7-2-5-1-6(5)3-7/h4-7,10H,1-3H2. The van der Waals surface area contributed by atoms with E-state index in [1.165, 1.54) is 28.6 Å². The van der Waals surface area contributed by atoms with Crippen molar-refractivity contribution in [3.63, 3.8) is 0 Å². The van der Waals surface area contributed by atoms with Crippen molar-refractivity contribution in [2.45, 2.75) is 24.6 Å². The van der Waals surface area contributed by atoms with Crippen LogP contribution in [0.15, 0.2) is 13.6 Å². The van der Waals surface area contributed by atoms with Crippen molar-refractivity contribution in [1.82, 2.24) is 0 Å². The topological polar surface area (TPSA) is 0 Å². The summed E-state index contributed by atoms with van der Waals surface area (Å²) in [5.41, 5.74) is 1.28. The van der Waals surface area contributed by atoms with Gasteiger partial charge in [0.05, 0.1) is 12.9 Å². The van der Waals surface area contributed by atoms with Crippen LogP contribution in [0.25, 0.3) is 0 Å². The van der Waals surface area contributed by atoms with Crippen molar-refractivity contribution in [2.24, 2.45) is 17.8 Å². The van der Waals surface area contributed by atoms with Crippen LogP contribution >= 0.6 is 54.8 Å². The molecule has 1 aromatic heterocycles. The SMILES string of the molecule is ClC(c1cc(Br)sc1Br)C1CC2CC2C1. The number of hydrogen-bond donors (Lipinski definition) is 0. The molecule has 0 amide bonds. The lowest BCUT2D eigenvalue weighted by Gasteiger charge is -2.18. The van der Waals surface area contributed by atoms with Crippen LogP contribution < -0.4 is 0 Å². The van der Waals surface area contributed by atoms with Gasteiger partial charge in [-0.15, -0.1) is 22.9 Å². The number of fused-ring (bicyclic) bond motifs is 1. The first-order valence-electron chi connectivity index (χ1n) is 5.24. The first-order valence-corrected chi connectivity index (χ1v) is 8.08. The fourth-order valence-electron chi connectivity index (χ4n) is 2.80. The van der Waals surface area contributed by atoms with E-state index in [-0.39, 0.29) is 5.38 Å². The molecule has 2 fully saturated rings. The van der Waals surface area contributed by atoms with Crippen molar-refractivity contribution >= 4 is 54.8 Å². The maximum absolute atomic E-state index is 6.57. The molecule has 0 spiro atoms. The van der Waals surface area contributed by atoms with Crippen molar-refractivity contribution in [3.05, 3.63) is 19.2 Å². The summed E-state index contributed by atoms with van der Waals surface area (Å²) in [5.74, 6) is 2.72. The molecule has 0 N–H and O–H groups in total. The van der Waals surface area contributed by atoms with Gasteiger partial charge < -0.3 is 0 Å². The number of halogens is 3. The summed E-state index contributed by atoms with van der Waals surface area (Å²) in [4.78, 5) is 0. The van der Waals surface area contributed by atoms with Crippen molar-refractivity contribution in [2.75, 3.05) is 0 Å². The third-order valence-electron chi connectivity index (χ3n) is 3.67. The molecule has 2 aliphatic rings. The number of thiophene rings is 1. The number of hydrogen-bond acceptors (Lipinski definition) is 1. The van der Waals surface area contributed by atoms with Crippen LogP contribution in [-0.2, 0) is 0 Å². The molecule has 0 nitrogen and oxygen atoms in total. The molecule has 3 unspecified atom stereocenters. The maximum Gasteiger partial charge on any atom is 0.0757 e. The molecule has 0 radical (unpaired) electrons. The average Bonchev–Trinajstić information content (AvgIpc) is 2.65. The highest BCUT2D eigenvalue weighted by atomic mass is 79.9. The Bertz CT molecular complexity index is 380. The fourth-order valence-corrected chi connectivity index (χ4v) is 6.30. The molecule has 1 heterocycles. The van der Waals surface area contributed by atoms with E-state index >= 15 is 0 Å². The molecular formula is C11H11Br2ClS. The van der Waals surface area contributed by atoms with Gasteiger partial charge in [0.25, 0.3) is 0 Å². The lowest BCUT2D eigenvalue weighted by atomic mass is 9.96. The summed E-state index contributed by atoms with van der Waals surface area (Å²) in [6, 6.07) is 2.16. The molecule has 0 bridgehead atoms. The summed E-state index contributed by atoms with van der Waals surface area (Å²) in [5, 5.41) is 0.203. The van der Waals surface area contributed by atoms with Crippen LogP contribution in [0.3, 0.4) is 0 Å². The Kier molecular flexibility index (Phi) is 2.95. The van der Waals surface area contributed by atoms with E-state index in [0.717, 1.165) is 15.6 Å². The quantitative estimate of drug-likeness (QED) is 0.595. The largest absolute Gasteiger partial charge is 0.121 e. The fraction of sp³-hybridized carbons (Fsp3) is 0.636. The maximum atomic E-state index is 6.57. The van der Waals surface area contributed by atoms with Crippen LogP contribution in [0.5, 0.6) is 0 Å². The third-order valence-corrected chi connectivity index (χ3v) is 6.65.